The Kier molecular flexibility index (Phi) is 12.4. The molecule has 3 aromatic carbocycles. The molecule has 4 atom stereocenters. The molecule has 0 aliphatic heterocycles. The minimum atomic E-state index is -1.38. The van der Waals surface area contributed by atoms with E-state index in [4.69, 9.17) is 11.5 Å². The van der Waals surface area contributed by atoms with Crippen molar-refractivity contribution in [2.75, 3.05) is 0 Å². The SMILES string of the molecule is NC(=O)CCC(NC(=O)C(Cc1ccccc1)NC(=O)C(N)Cc1ccccc1)C(=O)NC(Cc1ccc(O)cc1)C(=O)O. The molecule has 3 aromatic rings. The molecule has 4 unspecified atom stereocenters. The Labute approximate surface area is 254 Å². The summed E-state index contributed by atoms with van der Waals surface area (Å²) in [6.07, 6.45) is -0.291. The number of carboxylic acid groups (broad SMARTS) is 1. The Balaban J connectivity index is 1.77. The molecule has 0 aromatic heterocycles. The maximum absolute atomic E-state index is 13.6. The number of carboxylic acids is 1. The molecule has 0 radical (unpaired) electrons. The number of nitrogens with one attached hydrogen (secondary N) is 3. The maximum Gasteiger partial charge on any atom is 0.326 e. The molecule has 9 N–H and O–H groups in total. The Hall–Kier alpha value is -5.23. The van der Waals surface area contributed by atoms with Crippen LogP contribution in [0.2, 0.25) is 0 Å². The first-order valence-electron chi connectivity index (χ1n) is 14.1. The fourth-order valence-corrected chi connectivity index (χ4v) is 4.47. The van der Waals surface area contributed by atoms with E-state index in [1.165, 1.54) is 24.3 Å². The monoisotopic (exact) mass is 603 g/mol. The molecule has 0 fully saturated rings. The third kappa shape index (κ3) is 10.9. The summed E-state index contributed by atoms with van der Waals surface area (Å²) in [4.78, 5) is 63.4. The van der Waals surface area contributed by atoms with E-state index >= 15 is 0 Å². The molecular weight excluding hydrogens is 566 g/mol. The van der Waals surface area contributed by atoms with Gasteiger partial charge in [-0.15, -0.1) is 0 Å². The Bertz CT molecular complexity index is 1420. The van der Waals surface area contributed by atoms with Crippen LogP contribution in [0.25, 0.3) is 0 Å². The van der Waals surface area contributed by atoms with Crippen molar-refractivity contribution in [1.82, 2.24) is 16.0 Å². The first-order chi connectivity index (χ1) is 21.0. The number of phenolic OH excluding ortho intramolecular Hbond substituents is 1. The second kappa shape index (κ2) is 16.4. The van der Waals surface area contributed by atoms with E-state index < -0.39 is 53.8 Å². The molecule has 44 heavy (non-hydrogen) atoms. The summed E-state index contributed by atoms with van der Waals surface area (Å²) in [5.74, 6) is -4.22. The van der Waals surface area contributed by atoms with Gasteiger partial charge in [-0.3, -0.25) is 19.2 Å². The lowest BCUT2D eigenvalue weighted by Crippen LogP contribution is -2.58. The van der Waals surface area contributed by atoms with Crippen LogP contribution in [0, 0.1) is 0 Å². The van der Waals surface area contributed by atoms with E-state index in [1.54, 1.807) is 30.3 Å². The number of hydrogen-bond donors (Lipinski definition) is 7. The fraction of sp³-hybridized carbons (Fsp3) is 0.281. The minimum absolute atomic E-state index is 0.00272. The van der Waals surface area contributed by atoms with Crippen molar-refractivity contribution in [1.29, 1.82) is 0 Å². The quantitative estimate of drug-likeness (QED) is 0.122. The summed E-state index contributed by atoms with van der Waals surface area (Å²) < 4.78 is 0. The number of carbonyl (C=O) groups excluding carboxylic acids is 4. The minimum Gasteiger partial charge on any atom is -0.508 e. The molecule has 0 aliphatic rings. The zero-order valence-electron chi connectivity index (χ0n) is 24.0. The number of aliphatic carboxylic acids is 1. The van der Waals surface area contributed by atoms with Crippen LogP contribution in [-0.2, 0) is 43.2 Å². The predicted molar refractivity (Wildman–Crippen MR) is 162 cm³/mol. The zero-order valence-corrected chi connectivity index (χ0v) is 24.0. The number of aromatic hydroxyl groups is 1. The van der Waals surface area contributed by atoms with Crippen LogP contribution in [0.3, 0.4) is 0 Å². The van der Waals surface area contributed by atoms with Crippen LogP contribution in [0.15, 0.2) is 84.9 Å². The number of benzene rings is 3. The van der Waals surface area contributed by atoms with E-state index in [9.17, 15) is 34.2 Å². The van der Waals surface area contributed by atoms with Gasteiger partial charge in [0.25, 0.3) is 0 Å². The Morgan fingerprint density at radius 1 is 0.614 bits per heavy atom. The van der Waals surface area contributed by atoms with Gasteiger partial charge in [-0.1, -0.05) is 72.8 Å². The van der Waals surface area contributed by atoms with E-state index in [0.717, 1.165) is 11.1 Å². The van der Waals surface area contributed by atoms with Gasteiger partial charge in [0.2, 0.25) is 23.6 Å². The van der Waals surface area contributed by atoms with Crippen LogP contribution >= 0.6 is 0 Å². The number of hydrogen-bond acceptors (Lipinski definition) is 7. The zero-order chi connectivity index (χ0) is 32.1. The van der Waals surface area contributed by atoms with Gasteiger partial charge in [0.1, 0.15) is 23.9 Å². The van der Waals surface area contributed by atoms with Gasteiger partial charge in [0, 0.05) is 19.3 Å². The number of rotatable bonds is 16. The molecule has 12 heteroatoms. The highest BCUT2D eigenvalue weighted by Crippen LogP contribution is 2.12. The summed E-state index contributed by atoms with van der Waals surface area (Å²) in [5.41, 5.74) is 13.5. The van der Waals surface area contributed by atoms with Gasteiger partial charge in [0.05, 0.1) is 6.04 Å². The molecule has 3 rings (SSSR count). The second-order valence-electron chi connectivity index (χ2n) is 10.4. The smallest absolute Gasteiger partial charge is 0.326 e. The number of primary amides is 1. The summed E-state index contributed by atoms with van der Waals surface area (Å²) >= 11 is 0. The average molecular weight is 604 g/mol. The molecule has 0 heterocycles. The van der Waals surface area contributed by atoms with Crippen LogP contribution < -0.4 is 27.4 Å². The third-order valence-electron chi connectivity index (χ3n) is 6.85. The summed E-state index contributed by atoms with van der Waals surface area (Å²) in [7, 11) is 0. The first kappa shape index (κ1) is 33.3. The number of amides is 4. The number of phenols is 1. The molecule has 4 amide bonds. The lowest BCUT2D eigenvalue weighted by atomic mass is 10.0. The lowest BCUT2D eigenvalue weighted by Gasteiger charge is -2.25. The molecule has 0 spiro atoms. The molecule has 0 aliphatic carbocycles. The average Bonchev–Trinajstić information content (AvgIpc) is 3.00. The van der Waals surface area contributed by atoms with E-state index in [1.807, 2.05) is 30.3 Å². The van der Waals surface area contributed by atoms with Crippen molar-refractivity contribution < 1.29 is 34.2 Å². The highest BCUT2D eigenvalue weighted by Gasteiger charge is 2.31. The number of nitrogens with two attached hydrogens (primary N) is 2. The van der Waals surface area contributed by atoms with Crippen LogP contribution in [-0.4, -0.2) is 64.0 Å². The van der Waals surface area contributed by atoms with Gasteiger partial charge in [-0.2, -0.15) is 0 Å². The van der Waals surface area contributed by atoms with Gasteiger partial charge in [-0.25, -0.2) is 4.79 Å². The summed E-state index contributed by atoms with van der Waals surface area (Å²) in [6, 6.07) is 19.0. The molecule has 232 valence electrons. The van der Waals surface area contributed by atoms with Crippen molar-refractivity contribution in [2.45, 2.75) is 56.3 Å². The fourth-order valence-electron chi connectivity index (χ4n) is 4.47. The van der Waals surface area contributed by atoms with Gasteiger partial charge in [-0.05, 0) is 41.7 Å². The second-order valence-corrected chi connectivity index (χ2v) is 10.4. The largest absolute Gasteiger partial charge is 0.508 e. The van der Waals surface area contributed by atoms with Crippen molar-refractivity contribution in [3.8, 4) is 5.75 Å². The van der Waals surface area contributed by atoms with Gasteiger partial charge < -0.3 is 37.6 Å². The molecular formula is C32H37N5O7. The highest BCUT2D eigenvalue weighted by molar-refractivity contribution is 5.94. The molecule has 0 saturated heterocycles. The van der Waals surface area contributed by atoms with Crippen LogP contribution in [0.5, 0.6) is 5.75 Å². The van der Waals surface area contributed by atoms with Crippen LogP contribution in [0.4, 0.5) is 0 Å². The molecule has 0 bridgehead atoms. The van der Waals surface area contributed by atoms with Crippen LogP contribution in [0.1, 0.15) is 29.5 Å². The predicted octanol–water partition coefficient (Wildman–Crippen LogP) is 0.552. The Morgan fingerprint density at radius 2 is 1.07 bits per heavy atom. The number of carbonyl (C=O) groups is 5. The van der Waals surface area contributed by atoms with Gasteiger partial charge >= 0.3 is 5.97 Å². The van der Waals surface area contributed by atoms with E-state index in [2.05, 4.69) is 16.0 Å². The van der Waals surface area contributed by atoms with Crippen molar-refractivity contribution >= 4 is 29.6 Å². The topological polar surface area (TPSA) is 214 Å². The Morgan fingerprint density at radius 3 is 1.61 bits per heavy atom. The lowest BCUT2D eigenvalue weighted by molar-refractivity contribution is -0.142. The van der Waals surface area contributed by atoms with E-state index in [0.29, 0.717) is 5.56 Å². The highest BCUT2D eigenvalue weighted by atomic mass is 16.4. The first-order valence-corrected chi connectivity index (χ1v) is 14.1. The maximum atomic E-state index is 13.6. The van der Waals surface area contributed by atoms with Crippen molar-refractivity contribution in [3.05, 3.63) is 102 Å². The summed E-state index contributed by atoms with van der Waals surface area (Å²) in [6.45, 7) is 0. The van der Waals surface area contributed by atoms with Crippen molar-refractivity contribution in [2.24, 2.45) is 11.5 Å². The standard InChI is InChI=1S/C32H37N5O7/c33-24(17-20-7-3-1-4-8-20)29(40)36-26(18-21-9-5-2-6-10-21)31(42)35-25(15-16-28(34)39)30(41)37-27(32(43)44)19-22-11-13-23(38)14-12-22/h1-14,24-27,38H,15-19,33H2,(H2,34,39)(H,35,42)(H,36,40)(H,37,41)(H,43,44). The molecule has 12 nitrogen and oxygen atoms in total. The summed E-state index contributed by atoms with van der Waals surface area (Å²) in [5, 5.41) is 26.9. The van der Waals surface area contributed by atoms with E-state index in [-0.39, 0.29) is 37.9 Å². The van der Waals surface area contributed by atoms with Gasteiger partial charge in [0.15, 0.2) is 0 Å². The molecule has 0 saturated carbocycles. The third-order valence-corrected chi connectivity index (χ3v) is 6.85. The van der Waals surface area contributed by atoms with Crippen molar-refractivity contribution in [3.63, 3.8) is 0 Å². The normalized spacial score (nSPS) is 13.5.